The van der Waals surface area contributed by atoms with Gasteiger partial charge in [0.1, 0.15) is 0 Å². The van der Waals surface area contributed by atoms with Gasteiger partial charge in [-0.3, -0.25) is 0 Å². The molecule has 1 aromatic rings. The van der Waals surface area contributed by atoms with Crippen LogP contribution in [0.2, 0.25) is 0 Å². The largest absolute Gasteiger partial charge is 0.754 e. The first-order valence-electron chi connectivity index (χ1n) is 10.5. The van der Waals surface area contributed by atoms with E-state index < -0.39 is 0 Å². The normalized spacial score (nSPS) is 10.8. The van der Waals surface area contributed by atoms with E-state index in [0.29, 0.717) is 23.0 Å². The molecule has 26 heavy (non-hydrogen) atoms. The van der Waals surface area contributed by atoms with Crippen LogP contribution in [-0.4, -0.2) is 18.1 Å². The van der Waals surface area contributed by atoms with E-state index in [1.165, 1.54) is 57.8 Å². The number of nitrogen functional groups attached to an aromatic ring is 1. The lowest BCUT2D eigenvalue weighted by molar-refractivity contribution is -0.577. The quantitative estimate of drug-likeness (QED) is 0.249. The molecule has 0 aromatic carbocycles. The van der Waals surface area contributed by atoms with Crippen LogP contribution in [0.15, 0.2) is 6.07 Å². The SMILES string of the molecule is CCCCCCCCCCCCNc1cc(OCCCC)nc(N)[n+]1[O-]. The van der Waals surface area contributed by atoms with Crippen molar-refractivity contribution in [1.82, 2.24) is 4.98 Å². The Bertz CT molecular complexity index is 483. The first kappa shape index (κ1) is 22.3. The minimum atomic E-state index is -0.0791. The Kier molecular flexibility index (Phi) is 12.4. The molecule has 1 heterocycles. The molecule has 0 amide bonds. The third kappa shape index (κ3) is 9.68. The third-order valence-electron chi connectivity index (χ3n) is 4.50. The van der Waals surface area contributed by atoms with Crippen molar-refractivity contribution in [3.05, 3.63) is 11.3 Å². The van der Waals surface area contributed by atoms with E-state index in [2.05, 4.69) is 24.1 Å². The predicted molar refractivity (Wildman–Crippen MR) is 108 cm³/mol. The van der Waals surface area contributed by atoms with Gasteiger partial charge < -0.3 is 21.0 Å². The topological polar surface area (TPSA) is 87.1 Å². The average molecular weight is 367 g/mol. The molecule has 0 aliphatic carbocycles. The van der Waals surface area contributed by atoms with E-state index in [0.717, 1.165) is 25.8 Å². The Labute approximate surface area is 159 Å². The molecule has 3 N–H and O–H groups in total. The van der Waals surface area contributed by atoms with Crippen LogP contribution in [-0.2, 0) is 0 Å². The molecule has 0 radical (unpaired) electrons. The zero-order valence-corrected chi connectivity index (χ0v) is 16.8. The summed E-state index contributed by atoms with van der Waals surface area (Å²) in [5.41, 5.74) is 5.67. The Morgan fingerprint density at radius 3 is 2.15 bits per heavy atom. The molecule has 0 spiro atoms. The second-order valence-corrected chi connectivity index (χ2v) is 6.94. The van der Waals surface area contributed by atoms with E-state index in [1.54, 1.807) is 6.07 Å². The maximum absolute atomic E-state index is 12.0. The van der Waals surface area contributed by atoms with Crippen molar-refractivity contribution in [2.45, 2.75) is 90.9 Å². The summed E-state index contributed by atoms with van der Waals surface area (Å²) in [4.78, 5) is 3.98. The van der Waals surface area contributed by atoms with Crippen LogP contribution in [0.4, 0.5) is 11.8 Å². The van der Waals surface area contributed by atoms with Crippen molar-refractivity contribution < 1.29 is 9.47 Å². The molecular formula is C20H38N4O2. The van der Waals surface area contributed by atoms with Crippen molar-refractivity contribution in [2.24, 2.45) is 0 Å². The van der Waals surface area contributed by atoms with Crippen LogP contribution in [0, 0.1) is 5.21 Å². The van der Waals surface area contributed by atoms with E-state index in [-0.39, 0.29) is 5.95 Å². The predicted octanol–water partition coefficient (Wildman–Crippen LogP) is 4.81. The lowest BCUT2D eigenvalue weighted by Crippen LogP contribution is -2.36. The van der Waals surface area contributed by atoms with Crippen LogP contribution >= 0.6 is 0 Å². The summed E-state index contributed by atoms with van der Waals surface area (Å²) in [5.74, 6) is 0.748. The molecule has 0 fully saturated rings. The molecule has 6 heteroatoms. The monoisotopic (exact) mass is 366 g/mol. The summed E-state index contributed by atoms with van der Waals surface area (Å²) in [5, 5.41) is 15.1. The number of nitrogens with zero attached hydrogens (tertiary/aromatic N) is 2. The number of ether oxygens (including phenoxy) is 1. The molecule has 0 aliphatic heterocycles. The van der Waals surface area contributed by atoms with Crippen LogP contribution in [0.1, 0.15) is 90.9 Å². The highest BCUT2D eigenvalue weighted by atomic mass is 16.5. The highest BCUT2D eigenvalue weighted by Crippen LogP contribution is 2.14. The minimum absolute atomic E-state index is 0.0791. The van der Waals surface area contributed by atoms with Crippen molar-refractivity contribution >= 4 is 11.8 Å². The van der Waals surface area contributed by atoms with Gasteiger partial charge in [0.2, 0.25) is 5.82 Å². The standard InChI is InChI=1S/C20H38N4O2/c1-3-5-7-8-9-10-11-12-13-14-15-22-18-17-19(26-16-6-4-2)23-20(21)24(18)25/h17,22H,3-16H2,1-2H3,(H2,21,23). The summed E-state index contributed by atoms with van der Waals surface area (Å²) >= 11 is 0. The number of hydrogen-bond acceptors (Lipinski definition) is 5. The van der Waals surface area contributed by atoms with Gasteiger partial charge in [0, 0.05) is 6.54 Å². The van der Waals surface area contributed by atoms with Crippen LogP contribution in [0.5, 0.6) is 5.88 Å². The number of unbranched alkanes of at least 4 members (excludes halogenated alkanes) is 10. The van der Waals surface area contributed by atoms with Gasteiger partial charge in [-0.15, -0.1) is 0 Å². The number of nitrogens with one attached hydrogen (secondary N) is 1. The van der Waals surface area contributed by atoms with E-state index >= 15 is 0 Å². The molecule has 0 saturated heterocycles. The Hall–Kier alpha value is -1.72. The molecule has 150 valence electrons. The molecule has 0 aliphatic rings. The molecular weight excluding hydrogens is 328 g/mol. The fraction of sp³-hybridized carbons (Fsp3) is 0.800. The van der Waals surface area contributed by atoms with Crippen molar-refractivity contribution in [3.63, 3.8) is 0 Å². The van der Waals surface area contributed by atoms with Crippen molar-refractivity contribution in [2.75, 3.05) is 24.2 Å². The summed E-state index contributed by atoms with van der Waals surface area (Å²) < 4.78 is 6.17. The fourth-order valence-corrected chi connectivity index (χ4v) is 2.84. The first-order chi connectivity index (χ1) is 12.7. The van der Waals surface area contributed by atoms with Crippen molar-refractivity contribution in [3.8, 4) is 5.88 Å². The number of rotatable bonds is 16. The number of aromatic nitrogens is 2. The molecule has 1 aromatic heterocycles. The van der Waals surface area contributed by atoms with Gasteiger partial charge in [0.25, 0.3) is 5.88 Å². The van der Waals surface area contributed by atoms with Gasteiger partial charge >= 0.3 is 5.95 Å². The van der Waals surface area contributed by atoms with E-state index in [9.17, 15) is 5.21 Å². The van der Waals surface area contributed by atoms with Gasteiger partial charge in [-0.05, 0) is 12.8 Å². The summed E-state index contributed by atoms with van der Waals surface area (Å²) in [6.45, 7) is 5.70. The lowest BCUT2D eigenvalue weighted by atomic mass is 10.1. The van der Waals surface area contributed by atoms with Gasteiger partial charge in [-0.2, -0.15) is 0 Å². The number of hydrogen-bond donors (Lipinski definition) is 2. The summed E-state index contributed by atoms with van der Waals surface area (Å²) in [6.07, 6.45) is 15.0. The van der Waals surface area contributed by atoms with Gasteiger partial charge in [0.05, 0.1) is 12.7 Å². The fourth-order valence-electron chi connectivity index (χ4n) is 2.84. The highest BCUT2D eigenvalue weighted by Gasteiger charge is 2.11. The Balaban J connectivity index is 2.18. The second kappa shape index (κ2) is 14.4. The average Bonchev–Trinajstić information content (AvgIpc) is 2.63. The van der Waals surface area contributed by atoms with Gasteiger partial charge in [0.15, 0.2) is 0 Å². The molecule has 6 nitrogen and oxygen atoms in total. The van der Waals surface area contributed by atoms with Crippen molar-refractivity contribution in [1.29, 1.82) is 0 Å². The maximum Gasteiger partial charge on any atom is 0.347 e. The second-order valence-electron chi connectivity index (χ2n) is 6.94. The van der Waals surface area contributed by atoms with Crippen LogP contribution in [0.25, 0.3) is 0 Å². The molecule has 0 bridgehead atoms. The molecule has 0 atom stereocenters. The van der Waals surface area contributed by atoms with Gasteiger partial charge in [-0.25, -0.2) is 4.73 Å². The first-order valence-corrected chi connectivity index (χ1v) is 10.5. The summed E-state index contributed by atoms with van der Waals surface area (Å²) in [6, 6.07) is 1.63. The highest BCUT2D eigenvalue weighted by molar-refractivity contribution is 5.36. The van der Waals surface area contributed by atoms with E-state index in [4.69, 9.17) is 10.5 Å². The van der Waals surface area contributed by atoms with Gasteiger partial charge in [-0.1, -0.05) is 83.0 Å². The molecule has 0 saturated carbocycles. The Morgan fingerprint density at radius 2 is 1.54 bits per heavy atom. The zero-order valence-electron chi connectivity index (χ0n) is 16.8. The third-order valence-corrected chi connectivity index (χ3v) is 4.50. The number of anilines is 2. The maximum atomic E-state index is 12.0. The minimum Gasteiger partial charge on any atom is -0.754 e. The lowest BCUT2D eigenvalue weighted by Gasteiger charge is -2.14. The van der Waals surface area contributed by atoms with Crippen LogP contribution < -0.4 is 20.5 Å². The molecule has 0 unspecified atom stereocenters. The smallest absolute Gasteiger partial charge is 0.347 e. The summed E-state index contributed by atoms with van der Waals surface area (Å²) in [7, 11) is 0. The van der Waals surface area contributed by atoms with Crippen LogP contribution in [0.3, 0.4) is 0 Å². The number of nitrogens with two attached hydrogens (primary N) is 1. The Morgan fingerprint density at radius 1 is 0.962 bits per heavy atom. The molecule has 1 rings (SSSR count). The zero-order chi connectivity index (χ0) is 19.0. The van der Waals surface area contributed by atoms with E-state index in [1.807, 2.05) is 0 Å².